The lowest BCUT2D eigenvalue weighted by Crippen LogP contribution is -2.44. The first kappa shape index (κ1) is 14.7. The van der Waals surface area contributed by atoms with Gasteiger partial charge in [-0.3, -0.25) is 4.79 Å². The Hall–Kier alpha value is -2.31. The third-order valence-corrected chi connectivity index (χ3v) is 2.56. The summed E-state index contributed by atoms with van der Waals surface area (Å²) in [5.74, 6) is -0.178. The topological polar surface area (TPSA) is 110 Å². The molecule has 1 amide bonds. The second kappa shape index (κ2) is 7.20. The van der Waals surface area contributed by atoms with E-state index in [1.54, 1.807) is 12.1 Å². The molecule has 104 valence electrons. The summed E-state index contributed by atoms with van der Waals surface area (Å²) in [7, 11) is 1.44. The molecule has 0 bridgehead atoms. The van der Waals surface area contributed by atoms with Crippen molar-refractivity contribution in [2.24, 2.45) is 10.9 Å². The van der Waals surface area contributed by atoms with Crippen LogP contribution in [0.3, 0.4) is 0 Å². The molecule has 0 fully saturated rings. The van der Waals surface area contributed by atoms with Crippen molar-refractivity contribution in [1.82, 2.24) is 10.3 Å². The highest BCUT2D eigenvalue weighted by molar-refractivity contribution is 5.99. The van der Waals surface area contributed by atoms with Crippen molar-refractivity contribution in [3.8, 4) is 5.88 Å². The van der Waals surface area contributed by atoms with E-state index < -0.39 is 6.04 Å². The number of carbonyl (C=O) groups excluding carboxylic acids is 1. The van der Waals surface area contributed by atoms with Gasteiger partial charge in [-0.25, -0.2) is 4.98 Å². The van der Waals surface area contributed by atoms with Crippen LogP contribution in [0.5, 0.6) is 5.88 Å². The lowest BCUT2D eigenvalue weighted by atomic mass is 10.1. The smallest absolute Gasteiger partial charge is 0.257 e. The molecule has 1 unspecified atom stereocenters. The number of nitrogens with one attached hydrogen (secondary N) is 1. The fourth-order valence-corrected chi connectivity index (χ4v) is 1.61. The number of rotatable bonds is 6. The third-order valence-electron chi connectivity index (χ3n) is 2.56. The van der Waals surface area contributed by atoms with Gasteiger partial charge in [-0.2, -0.15) is 0 Å². The monoisotopic (exact) mass is 266 g/mol. The van der Waals surface area contributed by atoms with E-state index in [4.69, 9.17) is 15.7 Å². The molecular weight excluding hydrogens is 248 g/mol. The van der Waals surface area contributed by atoms with E-state index in [0.717, 1.165) is 6.42 Å². The average Bonchev–Trinajstić information content (AvgIpc) is 2.45. The molecule has 1 heterocycles. The van der Waals surface area contributed by atoms with Crippen LogP contribution in [-0.2, 0) is 0 Å². The second-order valence-corrected chi connectivity index (χ2v) is 3.90. The van der Waals surface area contributed by atoms with Gasteiger partial charge in [0.25, 0.3) is 5.91 Å². The highest BCUT2D eigenvalue weighted by atomic mass is 16.5. The Kier molecular flexibility index (Phi) is 5.59. The van der Waals surface area contributed by atoms with Gasteiger partial charge in [0.05, 0.1) is 13.2 Å². The van der Waals surface area contributed by atoms with Gasteiger partial charge >= 0.3 is 0 Å². The number of hydrogen-bond acceptors (Lipinski definition) is 5. The van der Waals surface area contributed by atoms with Crippen molar-refractivity contribution in [1.29, 1.82) is 0 Å². The number of nitrogens with zero attached hydrogens (tertiary/aromatic N) is 2. The van der Waals surface area contributed by atoms with Gasteiger partial charge in [-0.15, -0.1) is 0 Å². The van der Waals surface area contributed by atoms with E-state index in [2.05, 4.69) is 15.5 Å². The van der Waals surface area contributed by atoms with E-state index in [1.807, 2.05) is 6.92 Å². The van der Waals surface area contributed by atoms with E-state index in [-0.39, 0.29) is 17.6 Å². The SMILES string of the molecule is CCCC(NC(=O)c1cccnc1OC)C(N)=NO. The van der Waals surface area contributed by atoms with Crippen molar-refractivity contribution in [2.45, 2.75) is 25.8 Å². The minimum Gasteiger partial charge on any atom is -0.480 e. The number of amides is 1. The summed E-state index contributed by atoms with van der Waals surface area (Å²) in [6.45, 7) is 1.94. The summed E-state index contributed by atoms with van der Waals surface area (Å²) < 4.78 is 5.01. The fraction of sp³-hybridized carbons (Fsp3) is 0.417. The van der Waals surface area contributed by atoms with Crippen LogP contribution in [-0.4, -0.2) is 35.1 Å². The predicted octanol–water partition coefficient (Wildman–Crippen LogP) is 0.735. The van der Waals surface area contributed by atoms with Crippen LogP contribution >= 0.6 is 0 Å². The molecule has 0 aliphatic carbocycles. The fourth-order valence-electron chi connectivity index (χ4n) is 1.61. The van der Waals surface area contributed by atoms with Crippen LogP contribution in [0.25, 0.3) is 0 Å². The van der Waals surface area contributed by atoms with Crippen LogP contribution in [0.4, 0.5) is 0 Å². The van der Waals surface area contributed by atoms with Gasteiger partial charge in [0.15, 0.2) is 5.84 Å². The van der Waals surface area contributed by atoms with Gasteiger partial charge in [-0.1, -0.05) is 18.5 Å². The van der Waals surface area contributed by atoms with E-state index in [9.17, 15) is 4.79 Å². The zero-order chi connectivity index (χ0) is 14.3. The summed E-state index contributed by atoms with van der Waals surface area (Å²) >= 11 is 0. The molecular formula is C12H18N4O3. The first-order valence-electron chi connectivity index (χ1n) is 5.91. The Labute approximate surface area is 111 Å². The van der Waals surface area contributed by atoms with Crippen LogP contribution in [0.1, 0.15) is 30.1 Å². The summed E-state index contributed by atoms with van der Waals surface area (Å²) in [6, 6.07) is 2.71. The zero-order valence-electron chi connectivity index (χ0n) is 11.0. The Balaban J connectivity index is 2.87. The lowest BCUT2D eigenvalue weighted by molar-refractivity contribution is 0.0941. The molecule has 1 aromatic rings. The second-order valence-electron chi connectivity index (χ2n) is 3.90. The van der Waals surface area contributed by atoms with Gasteiger partial charge < -0.3 is 21.0 Å². The van der Waals surface area contributed by atoms with Crippen LogP contribution in [0.15, 0.2) is 23.5 Å². The maximum Gasteiger partial charge on any atom is 0.257 e. The van der Waals surface area contributed by atoms with Crippen molar-refractivity contribution >= 4 is 11.7 Å². The molecule has 0 spiro atoms. The Morgan fingerprint density at radius 2 is 2.42 bits per heavy atom. The summed E-state index contributed by atoms with van der Waals surface area (Å²) in [6.07, 6.45) is 2.89. The van der Waals surface area contributed by atoms with Gasteiger partial charge in [0.2, 0.25) is 5.88 Å². The number of hydrogen-bond donors (Lipinski definition) is 3. The first-order valence-corrected chi connectivity index (χ1v) is 5.91. The number of amidine groups is 1. The quantitative estimate of drug-likeness (QED) is 0.304. The summed E-state index contributed by atoms with van der Waals surface area (Å²) in [4.78, 5) is 16.0. The van der Waals surface area contributed by atoms with Gasteiger partial charge in [0.1, 0.15) is 5.56 Å². The zero-order valence-corrected chi connectivity index (χ0v) is 11.0. The predicted molar refractivity (Wildman–Crippen MR) is 70.4 cm³/mol. The molecule has 4 N–H and O–H groups in total. The van der Waals surface area contributed by atoms with Crippen molar-refractivity contribution in [3.63, 3.8) is 0 Å². The number of oxime groups is 1. The van der Waals surface area contributed by atoms with Gasteiger partial charge in [-0.05, 0) is 18.6 Å². The van der Waals surface area contributed by atoms with Crippen LogP contribution in [0.2, 0.25) is 0 Å². The molecule has 7 nitrogen and oxygen atoms in total. The first-order chi connectivity index (χ1) is 9.13. The summed E-state index contributed by atoms with van der Waals surface area (Å²) in [5, 5.41) is 14.3. The molecule has 0 radical (unpaired) electrons. The molecule has 0 saturated carbocycles. The van der Waals surface area contributed by atoms with Crippen molar-refractivity contribution in [2.75, 3.05) is 7.11 Å². The number of pyridine rings is 1. The minimum atomic E-state index is -0.521. The number of nitrogens with two attached hydrogens (primary N) is 1. The van der Waals surface area contributed by atoms with E-state index in [1.165, 1.54) is 13.3 Å². The third kappa shape index (κ3) is 3.84. The van der Waals surface area contributed by atoms with Crippen molar-refractivity contribution in [3.05, 3.63) is 23.9 Å². The van der Waals surface area contributed by atoms with E-state index >= 15 is 0 Å². The molecule has 0 aliphatic rings. The number of aromatic nitrogens is 1. The Morgan fingerprint density at radius 3 is 3.00 bits per heavy atom. The molecule has 1 aromatic heterocycles. The molecule has 7 heteroatoms. The molecule has 0 aliphatic heterocycles. The number of methoxy groups -OCH3 is 1. The molecule has 1 rings (SSSR count). The molecule has 19 heavy (non-hydrogen) atoms. The van der Waals surface area contributed by atoms with Crippen molar-refractivity contribution < 1.29 is 14.7 Å². The average molecular weight is 266 g/mol. The molecule has 0 aromatic carbocycles. The summed E-state index contributed by atoms with van der Waals surface area (Å²) in [5.41, 5.74) is 5.84. The maximum absolute atomic E-state index is 12.1. The number of carbonyl (C=O) groups is 1. The highest BCUT2D eigenvalue weighted by Gasteiger charge is 2.19. The Bertz CT molecular complexity index is 462. The minimum absolute atomic E-state index is 0.0296. The highest BCUT2D eigenvalue weighted by Crippen LogP contribution is 2.13. The van der Waals surface area contributed by atoms with E-state index in [0.29, 0.717) is 12.0 Å². The van der Waals surface area contributed by atoms with Crippen LogP contribution in [0, 0.1) is 0 Å². The number of ether oxygens (including phenoxy) is 1. The van der Waals surface area contributed by atoms with Gasteiger partial charge in [0, 0.05) is 6.20 Å². The molecule has 0 saturated heterocycles. The van der Waals surface area contributed by atoms with Crippen LogP contribution < -0.4 is 15.8 Å². The molecule has 1 atom stereocenters. The largest absolute Gasteiger partial charge is 0.480 e. The standard InChI is InChI=1S/C12H18N4O3/c1-3-5-9(10(13)16-18)15-11(17)8-6-4-7-14-12(8)19-2/h4,6-7,9,18H,3,5H2,1-2H3,(H2,13,16)(H,15,17). The normalized spacial score (nSPS) is 12.8. The lowest BCUT2D eigenvalue weighted by Gasteiger charge is -2.17. The maximum atomic E-state index is 12.1. The Morgan fingerprint density at radius 1 is 1.68 bits per heavy atom.